The first kappa shape index (κ1) is 14.7. The quantitative estimate of drug-likeness (QED) is 0.849. The van der Waals surface area contributed by atoms with Gasteiger partial charge < -0.3 is 11.1 Å². The maximum atomic E-state index is 11.9. The van der Waals surface area contributed by atoms with Crippen LogP contribution in [0.1, 0.15) is 27.3 Å². The summed E-state index contributed by atoms with van der Waals surface area (Å²) in [6.07, 6.45) is 0. The van der Waals surface area contributed by atoms with Crippen LogP contribution in [-0.2, 0) is 4.79 Å². The van der Waals surface area contributed by atoms with Gasteiger partial charge in [-0.2, -0.15) is 0 Å². The summed E-state index contributed by atoms with van der Waals surface area (Å²) in [4.78, 5) is 22.6. The van der Waals surface area contributed by atoms with Crippen LogP contribution in [0, 0.1) is 20.8 Å². The molecule has 1 heterocycles. The van der Waals surface area contributed by atoms with E-state index in [9.17, 15) is 9.59 Å². The van der Waals surface area contributed by atoms with Crippen molar-refractivity contribution in [3.63, 3.8) is 0 Å². The molecule has 0 spiro atoms. The lowest BCUT2D eigenvalue weighted by Gasteiger charge is -2.06. The lowest BCUT2D eigenvalue weighted by molar-refractivity contribution is -0.117. The number of nitrogens with one attached hydrogen (secondary N) is 1. The molecule has 0 aliphatic heterocycles. The van der Waals surface area contributed by atoms with Gasteiger partial charge >= 0.3 is 0 Å². The predicted octanol–water partition coefficient (Wildman–Crippen LogP) is 0.408. The second-order valence-electron chi connectivity index (χ2n) is 4.93. The van der Waals surface area contributed by atoms with Gasteiger partial charge in [0, 0.05) is 0 Å². The first-order valence-corrected chi connectivity index (χ1v) is 6.46. The maximum absolute atomic E-state index is 11.9. The van der Waals surface area contributed by atoms with Crippen LogP contribution in [0.2, 0.25) is 0 Å². The Labute approximate surface area is 122 Å². The van der Waals surface area contributed by atoms with Gasteiger partial charge in [0.1, 0.15) is 0 Å². The summed E-state index contributed by atoms with van der Waals surface area (Å²) < 4.78 is 1.60. The molecule has 1 aromatic carbocycles. The maximum Gasteiger partial charge on any atom is 0.274 e. The van der Waals surface area contributed by atoms with E-state index < -0.39 is 11.8 Å². The number of rotatable bonds is 4. The Hall–Kier alpha value is -2.70. The highest BCUT2D eigenvalue weighted by Gasteiger charge is 2.17. The second-order valence-corrected chi connectivity index (χ2v) is 4.93. The number of nitrogens with zero attached hydrogens (tertiary/aromatic N) is 3. The molecule has 0 radical (unpaired) electrons. The number of aryl methyl sites for hydroxylation is 2. The molecule has 0 atom stereocenters. The third-order valence-electron chi connectivity index (χ3n) is 2.98. The van der Waals surface area contributed by atoms with Crippen LogP contribution in [0.15, 0.2) is 18.2 Å². The van der Waals surface area contributed by atoms with Crippen molar-refractivity contribution in [1.29, 1.82) is 0 Å². The fourth-order valence-corrected chi connectivity index (χ4v) is 2.11. The summed E-state index contributed by atoms with van der Waals surface area (Å²) in [6.45, 7) is 5.50. The Morgan fingerprint density at radius 3 is 2.38 bits per heavy atom. The Balaban J connectivity index is 2.32. The summed E-state index contributed by atoms with van der Waals surface area (Å²) in [5.41, 5.74) is 8.80. The molecule has 2 amide bonds. The minimum absolute atomic E-state index is 0.176. The summed E-state index contributed by atoms with van der Waals surface area (Å²) in [7, 11) is 0. The van der Waals surface area contributed by atoms with Gasteiger partial charge in [0.05, 0.1) is 17.9 Å². The van der Waals surface area contributed by atoms with Gasteiger partial charge in [-0.1, -0.05) is 11.3 Å². The number of benzene rings is 1. The van der Waals surface area contributed by atoms with Crippen molar-refractivity contribution in [1.82, 2.24) is 20.3 Å². The number of hydrogen-bond acceptors (Lipinski definition) is 4. The minimum Gasteiger partial charge on any atom is -0.368 e. The van der Waals surface area contributed by atoms with Gasteiger partial charge in [-0.25, -0.2) is 4.68 Å². The summed E-state index contributed by atoms with van der Waals surface area (Å²) in [5, 5.41) is 10.3. The second kappa shape index (κ2) is 5.74. The van der Waals surface area contributed by atoms with Crippen LogP contribution < -0.4 is 11.1 Å². The highest BCUT2D eigenvalue weighted by atomic mass is 16.2. The molecule has 2 rings (SSSR count). The van der Waals surface area contributed by atoms with Gasteiger partial charge in [-0.3, -0.25) is 9.59 Å². The van der Waals surface area contributed by atoms with Gasteiger partial charge in [0.15, 0.2) is 5.69 Å². The van der Waals surface area contributed by atoms with E-state index in [4.69, 9.17) is 5.73 Å². The number of primary amides is 1. The smallest absolute Gasteiger partial charge is 0.274 e. The van der Waals surface area contributed by atoms with Gasteiger partial charge in [0.2, 0.25) is 5.91 Å². The van der Waals surface area contributed by atoms with Crippen molar-refractivity contribution in [2.75, 3.05) is 6.54 Å². The average Bonchev–Trinajstić information content (AvgIpc) is 2.76. The summed E-state index contributed by atoms with van der Waals surface area (Å²) >= 11 is 0. The predicted molar refractivity (Wildman–Crippen MR) is 77.1 cm³/mol. The van der Waals surface area contributed by atoms with Crippen molar-refractivity contribution < 1.29 is 9.59 Å². The molecule has 0 aliphatic rings. The molecule has 0 saturated carbocycles. The van der Waals surface area contributed by atoms with E-state index in [1.54, 1.807) is 11.6 Å². The molecule has 2 aromatic rings. The molecule has 3 N–H and O–H groups in total. The molecular weight excluding hydrogens is 270 g/mol. The monoisotopic (exact) mass is 287 g/mol. The topological polar surface area (TPSA) is 103 Å². The number of nitrogens with two attached hydrogens (primary N) is 1. The molecule has 0 saturated heterocycles. The van der Waals surface area contributed by atoms with Crippen LogP contribution in [0.4, 0.5) is 0 Å². The van der Waals surface area contributed by atoms with Crippen molar-refractivity contribution >= 4 is 11.8 Å². The lowest BCUT2D eigenvalue weighted by Crippen LogP contribution is -2.33. The number of carbonyl (C=O) groups excluding carboxylic acids is 2. The average molecular weight is 287 g/mol. The molecule has 0 bridgehead atoms. The van der Waals surface area contributed by atoms with E-state index >= 15 is 0 Å². The van der Waals surface area contributed by atoms with Gasteiger partial charge in [0.25, 0.3) is 5.91 Å². The molecule has 7 heteroatoms. The van der Waals surface area contributed by atoms with Crippen molar-refractivity contribution in [2.45, 2.75) is 20.8 Å². The largest absolute Gasteiger partial charge is 0.368 e. The molecule has 1 aromatic heterocycles. The Kier molecular flexibility index (Phi) is 4.02. The molecule has 0 fully saturated rings. The van der Waals surface area contributed by atoms with E-state index in [1.807, 2.05) is 26.0 Å². The van der Waals surface area contributed by atoms with Crippen molar-refractivity contribution in [3.8, 4) is 5.69 Å². The third-order valence-corrected chi connectivity index (χ3v) is 2.98. The zero-order chi connectivity index (χ0) is 15.6. The molecular formula is C14H17N5O2. The zero-order valence-electron chi connectivity index (χ0n) is 12.2. The molecule has 21 heavy (non-hydrogen) atoms. The van der Waals surface area contributed by atoms with Crippen LogP contribution in [0.3, 0.4) is 0 Å². The lowest BCUT2D eigenvalue weighted by atomic mass is 10.1. The standard InChI is InChI=1S/C14H17N5O2/c1-8-4-9(2)6-11(5-8)19-10(3)13(17-18-19)14(21)16-7-12(15)20/h4-6H,7H2,1-3H3,(H2,15,20)(H,16,21). The number of aromatic nitrogens is 3. The van der Waals surface area contributed by atoms with E-state index in [1.165, 1.54) is 0 Å². The minimum atomic E-state index is -0.609. The van der Waals surface area contributed by atoms with E-state index in [-0.39, 0.29) is 12.2 Å². The van der Waals surface area contributed by atoms with E-state index in [0.29, 0.717) is 5.69 Å². The molecule has 7 nitrogen and oxygen atoms in total. The summed E-state index contributed by atoms with van der Waals surface area (Å²) in [5.74, 6) is -1.08. The number of hydrogen-bond donors (Lipinski definition) is 2. The van der Waals surface area contributed by atoms with Crippen molar-refractivity contribution in [3.05, 3.63) is 40.7 Å². The highest BCUT2D eigenvalue weighted by molar-refractivity contribution is 5.95. The van der Waals surface area contributed by atoms with Crippen molar-refractivity contribution in [2.24, 2.45) is 5.73 Å². The highest BCUT2D eigenvalue weighted by Crippen LogP contribution is 2.16. The molecule has 0 aliphatic carbocycles. The fraction of sp³-hybridized carbons (Fsp3) is 0.286. The zero-order valence-corrected chi connectivity index (χ0v) is 12.2. The van der Waals surface area contributed by atoms with Crippen LogP contribution >= 0.6 is 0 Å². The SMILES string of the molecule is Cc1cc(C)cc(-n2nnc(C(=O)NCC(N)=O)c2C)c1. The Bertz CT molecular complexity index is 685. The van der Waals surface area contributed by atoms with Crippen LogP contribution in [-0.4, -0.2) is 33.4 Å². The Morgan fingerprint density at radius 2 is 1.81 bits per heavy atom. The Morgan fingerprint density at radius 1 is 1.19 bits per heavy atom. The third kappa shape index (κ3) is 3.25. The van der Waals surface area contributed by atoms with Crippen LogP contribution in [0.25, 0.3) is 5.69 Å². The number of amides is 2. The molecule has 110 valence electrons. The van der Waals surface area contributed by atoms with E-state index in [0.717, 1.165) is 16.8 Å². The van der Waals surface area contributed by atoms with Crippen LogP contribution in [0.5, 0.6) is 0 Å². The molecule has 0 unspecified atom stereocenters. The van der Waals surface area contributed by atoms with E-state index in [2.05, 4.69) is 21.7 Å². The summed E-state index contributed by atoms with van der Waals surface area (Å²) in [6, 6.07) is 5.97. The first-order chi connectivity index (χ1) is 9.88. The fourth-order valence-electron chi connectivity index (χ4n) is 2.11. The number of carbonyl (C=O) groups is 2. The normalized spacial score (nSPS) is 10.4. The van der Waals surface area contributed by atoms with Gasteiger partial charge in [-0.05, 0) is 44.0 Å². The van der Waals surface area contributed by atoms with Gasteiger partial charge in [-0.15, -0.1) is 5.10 Å². The first-order valence-electron chi connectivity index (χ1n) is 6.46.